The molecular weight excluding hydrogens is 240 g/mol. The van der Waals surface area contributed by atoms with Crippen molar-refractivity contribution in [2.45, 2.75) is 31.9 Å². The number of nitrogens with zero attached hydrogens (tertiary/aromatic N) is 1. The fraction of sp³-hybridized carbons (Fsp3) is 0.909. The number of piperidine rings is 1. The van der Waals surface area contributed by atoms with Gasteiger partial charge in [0.2, 0.25) is 5.91 Å². The first kappa shape index (κ1) is 14.4. The topological polar surface area (TPSA) is 80.5 Å². The summed E-state index contributed by atoms with van der Waals surface area (Å²) in [6.07, 6.45) is 2.78. The molecule has 0 aromatic rings. The van der Waals surface area contributed by atoms with Crippen molar-refractivity contribution in [3.8, 4) is 0 Å². The van der Waals surface area contributed by atoms with E-state index in [1.165, 1.54) is 6.92 Å². The number of carbonyl (C=O) groups is 1. The maximum Gasteiger partial charge on any atom is 0.240 e. The highest BCUT2D eigenvalue weighted by Crippen LogP contribution is 2.29. The van der Waals surface area contributed by atoms with E-state index in [1.807, 2.05) is 0 Å². The molecule has 2 N–H and O–H groups in total. The van der Waals surface area contributed by atoms with E-state index < -0.39 is 15.1 Å². The normalized spacial score (nSPS) is 22.2. The molecule has 1 heterocycles. The molecular formula is C11H22N2O3S. The molecule has 5 nitrogen and oxygen atoms in total. The molecule has 0 bridgehead atoms. The molecule has 0 aromatic heterocycles. The van der Waals surface area contributed by atoms with E-state index in [2.05, 4.69) is 6.92 Å². The molecule has 1 aliphatic rings. The Hall–Kier alpha value is -0.620. The minimum Gasteiger partial charge on any atom is -0.342 e. The third-order valence-electron chi connectivity index (χ3n) is 3.77. The summed E-state index contributed by atoms with van der Waals surface area (Å²) in [5, 5.41) is -0.940. The molecule has 0 saturated carbocycles. The Kier molecular flexibility index (Phi) is 4.19. The summed E-state index contributed by atoms with van der Waals surface area (Å²) in [6.45, 7) is 5.37. The molecule has 1 atom stereocenters. The van der Waals surface area contributed by atoms with Crippen molar-refractivity contribution in [3.05, 3.63) is 0 Å². The lowest BCUT2D eigenvalue weighted by Crippen LogP contribution is -2.48. The van der Waals surface area contributed by atoms with Crippen LogP contribution in [0.5, 0.6) is 0 Å². The number of rotatable bonds is 3. The molecule has 1 amide bonds. The predicted molar refractivity (Wildman–Crippen MR) is 67.3 cm³/mol. The van der Waals surface area contributed by atoms with E-state index in [1.54, 1.807) is 4.90 Å². The van der Waals surface area contributed by atoms with Gasteiger partial charge in [-0.1, -0.05) is 6.92 Å². The first-order chi connectivity index (χ1) is 7.69. The van der Waals surface area contributed by atoms with Crippen LogP contribution < -0.4 is 5.73 Å². The minimum absolute atomic E-state index is 0.0884. The Morgan fingerprint density at radius 2 is 1.88 bits per heavy atom. The van der Waals surface area contributed by atoms with E-state index in [0.717, 1.165) is 19.1 Å². The Balaban J connectivity index is 2.64. The second kappa shape index (κ2) is 4.94. The maximum absolute atomic E-state index is 12.0. The van der Waals surface area contributed by atoms with Crippen molar-refractivity contribution >= 4 is 15.7 Å². The quantitative estimate of drug-likeness (QED) is 0.776. The number of amides is 1. The highest BCUT2D eigenvalue weighted by Gasteiger charge is 2.34. The van der Waals surface area contributed by atoms with Gasteiger partial charge in [0.05, 0.1) is 0 Å². The Morgan fingerprint density at radius 3 is 2.24 bits per heavy atom. The molecule has 1 fully saturated rings. The van der Waals surface area contributed by atoms with Gasteiger partial charge < -0.3 is 10.6 Å². The Bertz CT molecular complexity index is 384. The van der Waals surface area contributed by atoms with Gasteiger partial charge in [0.15, 0.2) is 9.84 Å². The van der Waals surface area contributed by atoms with E-state index in [0.29, 0.717) is 19.6 Å². The van der Waals surface area contributed by atoms with E-state index >= 15 is 0 Å². The van der Waals surface area contributed by atoms with E-state index in [-0.39, 0.29) is 11.3 Å². The van der Waals surface area contributed by atoms with Crippen LogP contribution in [-0.4, -0.2) is 50.4 Å². The SMILES string of the molecule is CC(C(=O)N1CCC(C)(CN)CC1)S(C)(=O)=O. The number of likely N-dealkylation sites (tertiary alicyclic amines) is 1. The largest absolute Gasteiger partial charge is 0.342 e. The number of hydrogen-bond acceptors (Lipinski definition) is 4. The van der Waals surface area contributed by atoms with Crippen molar-refractivity contribution in [2.75, 3.05) is 25.9 Å². The van der Waals surface area contributed by atoms with Crippen LogP contribution in [0.25, 0.3) is 0 Å². The number of hydrogen-bond donors (Lipinski definition) is 1. The smallest absolute Gasteiger partial charge is 0.240 e. The van der Waals surface area contributed by atoms with Crippen LogP contribution in [0.1, 0.15) is 26.7 Å². The zero-order valence-corrected chi connectivity index (χ0v) is 11.6. The summed E-state index contributed by atoms with van der Waals surface area (Å²) in [7, 11) is -3.30. The third-order valence-corrected chi connectivity index (χ3v) is 5.25. The minimum atomic E-state index is -3.30. The van der Waals surface area contributed by atoms with Gasteiger partial charge in [-0.15, -0.1) is 0 Å². The number of sulfone groups is 1. The summed E-state index contributed by atoms with van der Waals surface area (Å²) in [5.74, 6) is -0.286. The first-order valence-electron chi connectivity index (χ1n) is 5.87. The molecule has 0 spiro atoms. The second-order valence-electron chi connectivity index (χ2n) is 5.31. The monoisotopic (exact) mass is 262 g/mol. The summed E-state index contributed by atoms with van der Waals surface area (Å²) in [6, 6.07) is 0. The fourth-order valence-electron chi connectivity index (χ4n) is 1.91. The molecule has 0 aliphatic carbocycles. The van der Waals surface area contributed by atoms with E-state index in [4.69, 9.17) is 5.73 Å². The lowest BCUT2D eigenvalue weighted by molar-refractivity contribution is -0.132. The van der Waals surface area contributed by atoms with Gasteiger partial charge in [0.1, 0.15) is 5.25 Å². The van der Waals surface area contributed by atoms with Crippen molar-refractivity contribution in [1.29, 1.82) is 0 Å². The first-order valence-corrected chi connectivity index (χ1v) is 7.83. The summed E-state index contributed by atoms with van der Waals surface area (Å²) in [5.41, 5.74) is 5.78. The van der Waals surface area contributed by atoms with Crippen LogP contribution in [0.15, 0.2) is 0 Å². The van der Waals surface area contributed by atoms with Crippen LogP contribution in [0.3, 0.4) is 0 Å². The molecule has 0 aromatic carbocycles. The van der Waals surface area contributed by atoms with Gasteiger partial charge in [0, 0.05) is 19.3 Å². The molecule has 100 valence electrons. The van der Waals surface area contributed by atoms with E-state index in [9.17, 15) is 13.2 Å². The van der Waals surface area contributed by atoms with Crippen LogP contribution >= 0.6 is 0 Å². The van der Waals surface area contributed by atoms with Crippen molar-refractivity contribution in [2.24, 2.45) is 11.1 Å². The fourth-order valence-corrected chi connectivity index (χ4v) is 2.43. The highest BCUT2D eigenvalue weighted by atomic mass is 32.2. The Labute approximate surface area is 103 Å². The standard InChI is InChI=1S/C11H22N2O3S/c1-9(17(3,15)16)10(14)13-6-4-11(2,8-12)5-7-13/h9H,4-8,12H2,1-3H3. The summed E-state index contributed by atoms with van der Waals surface area (Å²) in [4.78, 5) is 13.6. The molecule has 1 aliphatic heterocycles. The molecule has 0 radical (unpaired) electrons. The molecule has 6 heteroatoms. The average molecular weight is 262 g/mol. The second-order valence-corrected chi connectivity index (χ2v) is 7.68. The maximum atomic E-state index is 12.0. The zero-order valence-electron chi connectivity index (χ0n) is 10.8. The van der Waals surface area contributed by atoms with Crippen LogP contribution in [0.4, 0.5) is 0 Å². The van der Waals surface area contributed by atoms with Crippen molar-refractivity contribution in [1.82, 2.24) is 4.90 Å². The van der Waals surface area contributed by atoms with Crippen LogP contribution in [-0.2, 0) is 14.6 Å². The van der Waals surface area contributed by atoms with Crippen LogP contribution in [0.2, 0.25) is 0 Å². The molecule has 1 saturated heterocycles. The third kappa shape index (κ3) is 3.42. The molecule has 17 heavy (non-hydrogen) atoms. The Morgan fingerprint density at radius 1 is 1.41 bits per heavy atom. The van der Waals surface area contributed by atoms with Crippen molar-refractivity contribution in [3.63, 3.8) is 0 Å². The number of carbonyl (C=O) groups excluding carboxylic acids is 1. The predicted octanol–water partition coefficient (Wildman–Crippen LogP) is 0.00690. The zero-order chi connectivity index (χ0) is 13.3. The van der Waals surface area contributed by atoms with Crippen LogP contribution in [0, 0.1) is 5.41 Å². The van der Waals surface area contributed by atoms with Crippen molar-refractivity contribution < 1.29 is 13.2 Å². The summed E-state index contributed by atoms with van der Waals surface area (Å²) < 4.78 is 22.7. The average Bonchev–Trinajstić information content (AvgIpc) is 2.27. The van der Waals surface area contributed by atoms with Gasteiger partial charge >= 0.3 is 0 Å². The van der Waals surface area contributed by atoms with Gasteiger partial charge in [-0.3, -0.25) is 4.79 Å². The molecule has 1 unspecified atom stereocenters. The van der Waals surface area contributed by atoms with Gasteiger partial charge in [-0.05, 0) is 31.7 Å². The summed E-state index contributed by atoms with van der Waals surface area (Å²) >= 11 is 0. The number of nitrogens with two attached hydrogens (primary N) is 1. The van der Waals surface area contributed by atoms with Gasteiger partial charge in [-0.2, -0.15) is 0 Å². The lowest BCUT2D eigenvalue weighted by atomic mass is 9.80. The lowest BCUT2D eigenvalue weighted by Gasteiger charge is -2.39. The van der Waals surface area contributed by atoms with Gasteiger partial charge in [0.25, 0.3) is 0 Å². The van der Waals surface area contributed by atoms with Gasteiger partial charge in [-0.25, -0.2) is 8.42 Å². The highest BCUT2D eigenvalue weighted by molar-refractivity contribution is 7.92. The molecule has 1 rings (SSSR count).